The third-order valence-electron chi connectivity index (χ3n) is 4.88. The van der Waals surface area contributed by atoms with Crippen LogP contribution in [0.15, 0.2) is 72.3 Å². The van der Waals surface area contributed by atoms with Gasteiger partial charge in [-0.15, -0.1) is 0 Å². The van der Waals surface area contributed by atoms with Crippen LogP contribution in [-0.4, -0.2) is 21.9 Å². The van der Waals surface area contributed by atoms with Gasteiger partial charge in [-0.3, -0.25) is 14.5 Å². The summed E-state index contributed by atoms with van der Waals surface area (Å²) < 4.78 is 0. The van der Waals surface area contributed by atoms with Gasteiger partial charge in [0.25, 0.3) is 11.7 Å². The van der Waals surface area contributed by atoms with Gasteiger partial charge in [0.05, 0.1) is 11.6 Å². The molecule has 0 spiro atoms. The number of rotatable bonds is 3. The molecule has 8 heteroatoms. The van der Waals surface area contributed by atoms with Gasteiger partial charge < -0.3 is 10.2 Å². The summed E-state index contributed by atoms with van der Waals surface area (Å²) in [7, 11) is 0. The van der Waals surface area contributed by atoms with Crippen LogP contribution in [0.2, 0.25) is 15.1 Å². The largest absolute Gasteiger partial charge is 0.508 e. The summed E-state index contributed by atoms with van der Waals surface area (Å²) in [6, 6.07) is 15.9. The zero-order chi connectivity index (χ0) is 22.3. The lowest BCUT2D eigenvalue weighted by Crippen LogP contribution is -2.29. The molecule has 4 rings (SSSR count). The maximum absolute atomic E-state index is 13.1. The van der Waals surface area contributed by atoms with E-state index in [1.165, 1.54) is 41.3 Å². The van der Waals surface area contributed by atoms with Crippen molar-refractivity contribution >= 4 is 57.9 Å². The van der Waals surface area contributed by atoms with Crippen LogP contribution in [0.5, 0.6) is 5.75 Å². The molecule has 1 aliphatic heterocycles. The van der Waals surface area contributed by atoms with Crippen LogP contribution in [0, 0.1) is 0 Å². The third-order valence-corrected chi connectivity index (χ3v) is 5.55. The van der Waals surface area contributed by atoms with Gasteiger partial charge in [-0.1, -0.05) is 59.1 Å². The number of hydrogen-bond donors (Lipinski definition) is 2. The zero-order valence-electron chi connectivity index (χ0n) is 15.7. The van der Waals surface area contributed by atoms with Crippen LogP contribution >= 0.6 is 34.8 Å². The molecule has 0 bridgehead atoms. The smallest absolute Gasteiger partial charge is 0.300 e. The number of carbonyl (C=O) groups excluding carboxylic acids is 2. The fourth-order valence-electron chi connectivity index (χ4n) is 3.54. The van der Waals surface area contributed by atoms with Crippen LogP contribution in [0.3, 0.4) is 0 Å². The van der Waals surface area contributed by atoms with E-state index in [9.17, 15) is 19.8 Å². The predicted molar refractivity (Wildman–Crippen MR) is 121 cm³/mol. The molecule has 31 heavy (non-hydrogen) atoms. The van der Waals surface area contributed by atoms with Crippen LogP contribution < -0.4 is 4.90 Å². The number of Topliss-reactive ketones (excluding diaryl/α,β-unsaturated/α-hetero) is 1. The number of halogens is 3. The molecule has 0 aliphatic carbocycles. The van der Waals surface area contributed by atoms with Crippen molar-refractivity contribution in [1.82, 2.24) is 0 Å². The quantitative estimate of drug-likeness (QED) is 0.278. The van der Waals surface area contributed by atoms with Crippen molar-refractivity contribution in [2.75, 3.05) is 4.90 Å². The maximum Gasteiger partial charge on any atom is 0.300 e. The molecule has 1 unspecified atom stereocenters. The minimum atomic E-state index is -0.978. The first-order chi connectivity index (χ1) is 14.8. The molecule has 1 atom stereocenters. The number of phenols is 1. The topological polar surface area (TPSA) is 77.8 Å². The number of aromatic hydroxyl groups is 1. The average molecular weight is 475 g/mol. The third kappa shape index (κ3) is 4.00. The molecule has 0 radical (unpaired) electrons. The lowest BCUT2D eigenvalue weighted by atomic mass is 9.95. The van der Waals surface area contributed by atoms with Crippen molar-refractivity contribution in [3.8, 4) is 5.75 Å². The predicted octanol–water partition coefficient (Wildman–Crippen LogP) is 5.98. The highest BCUT2D eigenvalue weighted by molar-refractivity contribution is 6.52. The molecule has 1 fully saturated rings. The van der Waals surface area contributed by atoms with Crippen LogP contribution in [0.4, 0.5) is 5.69 Å². The van der Waals surface area contributed by atoms with E-state index in [-0.39, 0.29) is 27.1 Å². The number of benzene rings is 3. The second-order valence-electron chi connectivity index (χ2n) is 6.90. The van der Waals surface area contributed by atoms with E-state index in [1.54, 1.807) is 30.3 Å². The minimum Gasteiger partial charge on any atom is -0.508 e. The number of hydrogen-bond acceptors (Lipinski definition) is 4. The Morgan fingerprint density at radius 2 is 1.48 bits per heavy atom. The highest BCUT2D eigenvalue weighted by atomic mass is 35.5. The molecular weight excluding hydrogens is 461 g/mol. The number of anilines is 1. The second-order valence-corrected chi connectivity index (χ2v) is 8.21. The Labute approximate surface area is 192 Å². The lowest BCUT2D eigenvalue weighted by molar-refractivity contribution is -0.132. The van der Waals surface area contributed by atoms with Crippen molar-refractivity contribution in [3.63, 3.8) is 0 Å². The van der Waals surface area contributed by atoms with Crippen molar-refractivity contribution in [2.45, 2.75) is 6.04 Å². The Morgan fingerprint density at radius 1 is 0.839 bits per heavy atom. The summed E-state index contributed by atoms with van der Waals surface area (Å²) in [5.74, 6) is -2.07. The number of amides is 1. The molecule has 5 nitrogen and oxygen atoms in total. The molecule has 1 amide bonds. The van der Waals surface area contributed by atoms with E-state index in [0.29, 0.717) is 21.8 Å². The molecule has 3 aromatic carbocycles. The number of aliphatic hydroxyl groups is 1. The summed E-state index contributed by atoms with van der Waals surface area (Å²) in [5, 5.41) is 21.6. The van der Waals surface area contributed by atoms with E-state index < -0.39 is 17.7 Å². The zero-order valence-corrected chi connectivity index (χ0v) is 18.0. The molecule has 156 valence electrons. The Hall–Kier alpha value is -2.99. The van der Waals surface area contributed by atoms with Crippen molar-refractivity contribution in [3.05, 3.63) is 98.5 Å². The standard InChI is InChI=1S/C23H14Cl3NO4/c24-14-3-1-2-13(8-14)21(29)19-20(12-4-6-18(28)7-5-12)27(23(31)22(19)30)17-10-15(25)9-16(26)11-17/h1-11,20,28-29H/b21-19+. The van der Waals surface area contributed by atoms with Gasteiger partial charge in [0, 0.05) is 26.3 Å². The summed E-state index contributed by atoms with van der Waals surface area (Å²) in [4.78, 5) is 27.3. The van der Waals surface area contributed by atoms with Gasteiger partial charge in [-0.05, 0) is 48.0 Å². The molecule has 1 saturated heterocycles. The maximum atomic E-state index is 13.1. The van der Waals surface area contributed by atoms with E-state index in [4.69, 9.17) is 34.8 Å². The van der Waals surface area contributed by atoms with Gasteiger partial charge in [-0.2, -0.15) is 0 Å². The molecule has 1 aliphatic rings. The average Bonchev–Trinajstić information content (AvgIpc) is 2.98. The number of phenolic OH excluding ortho intramolecular Hbond substituents is 1. The molecular formula is C23H14Cl3NO4. The minimum absolute atomic E-state index is 0.0151. The monoisotopic (exact) mass is 473 g/mol. The normalized spacial score (nSPS) is 17.9. The summed E-state index contributed by atoms with van der Waals surface area (Å²) >= 11 is 18.3. The molecule has 1 heterocycles. The van der Waals surface area contributed by atoms with Gasteiger partial charge >= 0.3 is 0 Å². The summed E-state index contributed by atoms with van der Waals surface area (Å²) in [6.07, 6.45) is 0. The second kappa shape index (κ2) is 8.27. The van der Waals surface area contributed by atoms with E-state index in [2.05, 4.69) is 0 Å². The molecule has 0 saturated carbocycles. The first-order valence-corrected chi connectivity index (χ1v) is 10.2. The van der Waals surface area contributed by atoms with Crippen LogP contribution in [0.1, 0.15) is 17.2 Å². The first kappa shape index (κ1) is 21.2. The number of ketones is 1. The van der Waals surface area contributed by atoms with Gasteiger partial charge in [0.15, 0.2) is 0 Å². The van der Waals surface area contributed by atoms with Crippen LogP contribution in [0.25, 0.3) is 5.76 Å². The number of nitrogens with zero attached hydrogens (tertiary/aromatic N) is 1. The van der Waals surface area contributed by atoms with E-state index in [0.717, 1.165) is 0 Å². The Kier molecular flexibility index (Phi) is 5.67. The highest BCUT2D eigenvalue weighted by Crippen LogP contribution is 2.43. The SMILES string of the molecule is O=C1C(=O)N(c2cc(Cl)cc(Cl)c2)C(c2ccc(O)cc2)/C1=C(\O)c1cccc(Cl)c1. The lowest BCUT2D eigenvalue weighted by Gasteiger charge is -2.26. The number of aliphatic hydroxyl groups excluding tert-OH is 1. The summed E-state index contributed by atoms with van der Waals surface area (Å²) in [5.41, 5.74) is 0.965. The Bertz CT molecular complexity index is 1220. The first-order valence-electron chi connectivity index (χ1n) is 9.08. The molecule has 0 aromatic heterocycles. The summed E-state index contributed by atoms with van der Waals surface area (Å²) in [6.45, 7) is 0. The fourth-order valence-corrected chi connectivity index (χ4v) is 4.25. The van der Waals surface area contributed by atoms with Crippen molar-refractivity contribution in [1.29, 1.82) is 0 Å². The van der Waals surface area contributed by atoms with Gasteiger partial charge in [-0.25, -0.2) is 0 Å². The van der Waals surface area contributed by atoms with Crippen LogP contribution in [-0.2, 0) is 9.59 Å². The van der Waals surface area contributed by atoms with Gasteiger partial charge in [0.2, 0.25) is 0 Å². The molecule has 2 N–H and O–H groups in total. The number of carbonyl (C=O) groups is 2. The van der Waals surface area contributed by atoms with E-state index in [1.807, 2.05) is 0 Å². The fraction of sp³-hybridized carbons (Fsp3) is 0.0435. The van der Waals surface area contributed by atoms with Gasteiger partial charge in [0.1, 0.15) is 11.5 Å². The Morgan fingerprint density at radius 3 is 2.10 bits per heavy atom. The Balaban J connectivity index is 1.97. The molecule has 3 aromatic rings. The van der Waals surface area contributed by atoms with E-state index >= 15 is 0 Å². The van der Waals surface area contributed by atoms with Crippen molar-refractivity contribution in [2.24, 2.45) is 0 Å². The van der Waals surface area contributed by atoms with Crippen molar-refractivity contribution < 1.29 is 19.8 Å². The highest BCUT2D eigenvalue weighted by Gasteiger charge is 2.47.